The number of hydrogen-bond donors (Lipinski definition) is 1. The number of aliphatic imine (C=N–C) groups is 1. The average molecular weight is 469 g/mol. The van der Waals surface area contributed by atoms with E-state index in [1.807, 2.05) is 50.2 Å². The second kappa shape index (κ2) is 7.96. The van der Waals surface area contributed by atoms with Crippen LogP contribution >= 0.6 is 27.7 Å². The Balaban J connectivity index is 1.53. The summed E-state index contributed by atoms with van der Waals surface area (Å²) in [6.07, 6.45) is 1.65. The van der Waals surface area contributed by atoms with Crippen molar-refractivity contribution in [3.05, 3.63) is 69.2 Å². The Bertz CT molecular complexity index is 1120. The van der Waals surface area contributed by atoms with Crippen LogP contribution in [0.25, 0.3) is 6.08 Å². The van der Waals surface area contributed by atoms with Crippen LogP contribution in [0.5, 0.6) is 5.75 Å². The topological polar surface area (TPSA) is 78.1 Å². The Labute approximate surface area is 181 Å². The molecule has 0 unspecified atom stereocenters. The second-order valence-electron chi connectivity index (χ2n) is 6.61. The Hall–Kier alpha value is -2.71. The van der Waals surface area contributed by atoms with Crippen LogP contribution in [-0.2, 0) is 11.4 Å². The number of nitrogens with one attached hydrogen (secondary N) is 1. The van der Waals surface area contributed by atoms with Crippen molar-refractivity contribution in [1.82, 2.24) is 5.01 Å². The minimum atomic E-state index is -0.436. The van der Waals surface area contributed by atoms with Crippen molar-refractivity contribution < 1.29 is 9.53 Å². The van der Waals surface area contributed by atoms with Gasteiger partial charge in [-0.05, 0) is 70.9 Å². The summed E-state index contributed by atoms with van der Waals surface area (Å²) < 4.78 is 6.67. The summed E-state index contributed by atoms with van der Waals surface area (Å²) in [5.74, 6) is 0.296. The molecule has 2 aromatic carbocycles. The van der Waals surface area contributed by atoms with Crippen LogP contribution in [0.2, 0.25) is 0 Å². The van der Waals surface area contributed by atoms with E-state index in [-0.39, 0.29) is 11.4 Å². The predicted octanol–water partition coefficient (Wildman–Crippen LogP) is 4.98. The number of carbonyl (C=O) groups excluding carboxylic acids is 1. The van der Waals surface area contributed by atoms with Gasteiger partial charge in [-0.15, -0.1) is 0 Å². The first-order valence-electron chi connectivity index (χ1n) is 8.85. The standard InChI is InChI=1S/C21H17BrN4O2S/c1-12-4-3-5-15(8-12)11-28-18-7-6-14(10-17(18)22)9-16-19(23)26-21(24-20(16)27)29-13(2)25-26/h3-10,23H,11H2,1-2H3. The lowest BCUT2D eigenvalue weighted by atomic mass is 10.1. The fourth-order valence-corrected chi connectivity index (χ4v) is 4.19. The second-order valence-corrected chi connectivity index (χ2v) is 8.62. The zero-order valence-corrected chi connectivity index (χ0v) is 18.2. The van der Waals surface area contributed by atoms with Gasteiger partial charge in [-0.25, -0.2) is 0 Å². The third-order valence-corrected chi connectivity index (χ3v) is 5.74. The van der Waals surface area contributed by atoms with E-state index in [1.165, 1.54) is 22.3 Å². The smallest absolute Gasteiger partial charge is 0.283 e. The van der Waals surface area contributed by atoms with Crippen molar-refractivity contribution >= 4 is 55.7 Å². The lowest BCUT2D eigenvalue weighted by Crippen LogP contribution is -2.35. The molecule has 0 aromatic heterocycles. The van der Waals surface area contributed by atoms with Crippen molar-refractivity contribution in [1.29, 1.82) is 5.41 Å². The zero-order chi connectivity index (χ0) is 20.5. The molecule has 1 amide bonds. The maximum atomic E-state index is 12.4. The van der Waals surface area contributed by atoms with Gasteiger partial charge in [0.05, 0.1) is 15.1 Å². The first-order valence-corrected chi connectivity index (χ1v) is 10.5. The lowest BCUT2D eigenvalue weighted by Gasteiger charge is -2.20. The van der Waals surface area contributed by atoms with Gasteiger partial charge in [0.15, 0.2) is 5.84 Å². The van der Waals surface area contributed by atoms with Crippen LogP contribution in [0.3, 0.4) is 0 Å². The van der Waals surface area contributed by atoms with Crippen molar-refractivity contribution in [2.45, 2.75) is 20.5 Å². The Kier molecular flexibility index (Phi) is 5.38. The Morgan fingerprint density at radius 2 is 2.07 bits per heavy atom. The molecule has 0 radical (unpaired) electrons. The SMILES string of the molecule is CC1=NN2C(=N)C(=Cc3ccc(OCc4cccc(C)c4)c(Br)c3)C(=O)N=C2S1. The van der Waals surface area contributed by atoms with Crippen molar-refractivity contribution in [2.75, 3.05) is 0 Å². The van der Waals surface area contributed by atoms with Gasteiger partial charge in [-0.1, -0.05) is 35.9 Å². The zero-order valence-electron chi connectivity index (χ0n) is 15.8. The van der Waals surface area contributed by atoms with E-state index in [0.29, 0.717) is 17.5 Å². The molecule has 8 heteroatoms. The molecule has 0 spiro atoms. The monoisotopic (exact) mass is 468 g/mol. The summed E-state index contributed by atoms with van der Waals surface area (Å²) in [5.41, 5.74) is 3.25. The van der Waals surface area contributed by atoms with Crippen LogP contribution in [0.15, 0.2) is 62.6 Å². The normalized spacial score (nSPS) is 17.3. The highest BCUT2D eigenvalue weighted by molar-refractivity contribution is 9.10. The lowest BCUT2D eigenvalue weighted by molar-refractivity contribution is -0.114. The number of amides is 1. The molecule has 6 nitrogen and oxygen atoms in total. The predicted molar refractivity (Wildman–Crippen MR) is 120 cm³/mol. The van der Waals surface area contributed by atoms with E-state index < -0.39 is 5.91 Å². The highest BCUT2D eigenvalue weighted by Gasteiger charge is 2.34. The van der Waals surface area contributed by atoms with E-state index in [1.54, 1.807) is 6.08 Å². The molecule has 29 heavy (non-hydrogen) atoms. The van der Waals surface area contributed by atoms with Gasteiger partial charge in [0, 0.05) is 0 Å². The number of hydrazone groups is 1. The number of amidine groups is 2. The van der Waals surface area contributed by atoms with Crippen LogP contribution < -0.4 is 4.74 Å². The summed E-state index contributed by atoms with van der Waals surface area (Å²) in [5, 5.41) is 15.1. The number of thioether (sulfide) groups is 1. The summed E-state index contributed by atoms with van der Waals surface area (Å²) in [4.78, 5) is 16.4. The molecule has 2 heterocycles. The molecule has 2 aliphatic rings. The Morgan fingerprint density at radius 1 is 1.24 bits per heavy atom. The largest absolute Gasteiger partial charge is 0.488 e. The van der Waals surface area contributed by atoms with Gasteiger partial charge in [-0.2, -0.15) is 15.1 Å². The Morgan fingerprint density at radius 3 is 2.83 bits per heavy atom. The van der Waals surface area contributed by atoms with Crippen molar-refractivity contribution in [2.24, 2.45) is 10.1 Å². The number of rotatable bonds is 4. The number of hydrogen-bond acceptors (Lipinski definition) is 5. The molecule has 0 aliphatic carbocycles. The van der Waals surface area contributed by atoms with Crippen LogP contribution in [-0.4, -0.2) is 27.0 Å². The van der Waals surface area contributed by atoms with Crippen molar-refractivity contribution in [3.63, 3.8) is 0 Å². The number of ether oxygens (including phenoxy) is 1. The van der Waals surface area contributed by atoms with E-state index in [0.717, 1.165) is 20.6 Å². The highest BCUT2D eigenvalue weighted by atomic mass is 79.9. The van der Waals surface area contributed by atoms with Crippen LogP contribution in [0.4, 0.5) is 0 Å². The molecule has 0 saturated carbocycles. The number of benzene rings is 2. The van der Waals surface area contributed by atoms with Gasteiger partial charge in [0.25, 0.3) is 5.91 Å². The summed E-state index contributed by atoms with van der Waals surface area (Å²) in [7, 11) is 0. The molecular formula is C21H17BrN4O2S. The molecule has 0 atom stereocenters. The minimum Gasteiger partial charge on any atom is -0.488 e. The number of aryl methyl sites for hydroxylation is 1. The van der Waals surface area contributed by atoms with Gasteiger partial charge < -0.3 is 4.74 Å². The molecule has 2 aromatic rings. The fraction of sp³-hybridized carbons (Fsp3) is 0.143. The number of halogens is 1. The molecule has 146 valence electrons. The molecule has 2 aliphatic heterocycles. The fourth-order valence-electron chi connectivity index (χ4n) is 2.94. The molecule has 0 saturated heterocycles. The van der Waals surface area contributed by atoms with Gasteiger partial charge in [-0.3, -0.25) is 10.2 Å². The van der Waals surface area contributed by atoms with Gasteiger partial charge in [0.2, 0.25) is 5.17 Å². The summed E-state index contributed by atoms with van der Waals surface area (Å²) >= 11 is 4.81. The number of fused-ring (bicyclic) bond motifs is 1. The minimum absolute atomic E-state index is 0.0280. The quantitative estimate of drug-likeness (QED) is 0.641. The van der Waals surface area contributed by atoms with Crippen molar-refractivity contribution in [3.8, 4) is 5.75 Å². The van der Waals surface area contributed by atoms with Gasteiger partial charge >= 0.3 is 0 Å². The third-order valence-electron chi connectivity index (χ3n) is 4.30. The number of nitrogens with zero attached hydrogens (tertiary/aromatic N) is 3. The highest BCUT2D eigenvalue weighted by Crippen LogP contribution is 2.30. The first kappa shape index (κ1) is 19.6. The maximum Gasteiger partial charge on any atom is 0.283 e. The molecule has 0 bridgehead atoms. The van der Waals surface area contributed by atoms with Gasteiger partial charge in [0.1, 0.15) is 12.4 Å². The van der Waals surface area contributed by atoms with E-state index in [2.05, 4.69) is 32.1 Å². The molecule has 1 N–H and O–H groups in total. The summed E-state index contributed by atoms with van der Waals surface area (Å²) in [6, 6.07) is 13.7. The number of carbonyl (C=O) groups is 1. The average Bonchev–Trinajstić information content (AvgIpc) is 3.05. The molecule has 4 rings (SSSR count). The molecule has 0 fully saturated rings. The van der Waals surface area contributed by atoms with Crippen LogP contribution in [0, 0.1) is 12.3 Å². The van der Waals surface area contributed by atoms with E-state index in [9.17, 15) is 4.79 Å². The van der Waals surface area contributed by atoms with Crippen LogP contribution in [0.1, 0.15) is 23.6 Å². The first-order chi connectivity index (χ1) is 13.9. The maximum absolute atomic E-state index is 12.4. The molecular weight excluding hydrogens is 452 g/mol. The summed E-state index contributed by atoms with van der Waals surface area (Å²) in [6.45, 7) is 4.33. The third kappa shape index (κ3) is 4.18. The van der Waals surface area contributed by atoms with E-state index >= 15 is 0 Å². The van der Waals surface area contributed by atoms with E-state index in [4.69, 9.17) is 10.1 Å².